The second-order valence-corrected chi connectivity index (χ2v) is 7.39. The van der Waals surface area contributed by atoms with Crippen molar-refractivity contribution >= 4 is 22.6 Å². The number of fused-ring (bicyclic) bond motifs is 1. The predicted octanol–water partition coefficient (Wildman–Crippen LogP) is 3.17. The Kier molecular flexibility index (Phi) is 6.72. The van der Waals surface area contributed by atoms with Crippen molar-refractivity contribution in [2.24, 2.45) is 0 Å². The minimum Gasteiger partial charge on any atom is -0.365 e. The lowest BCUT2D eigenvalue weighted by Crippen LogP contribution is -2.34. The summed E-state index contributed by atoms with van der Waals surface area (Å²) in [5.41, 5.74) is 2.30. The van der Waals surface area contributed by atoms with E-state index in [0.29, 0.717) is 11.3 Å². The molecule has 33 heavy (non-hydrogen) atoms. The van der Waals surface area contributed by atoms with Crippen molar-refractivity contribution in [2.45, 2.75) is 25.9 Å². The van der Waals surface area contributed by atoms with E-state index in [1.165, 1.54) is 10.8 Å². The molecule has 0 aliphatic rings. The van der Waals surface area contributed by atoms with Crippen LogP contribution in [0.15, 0.2) is 65.8 Å². The molecule has 8 nitrogen and oxygen atoms in total. The maximum atomic E-state index is 13.0. The van der Waals surface area contributed by atoms with Crippen LogP contribution in [0, 0.1) is 0 Å². The number of H-pyrrole nitrogens is 1. The number of carbonyl (C=O) groups is 1. The van der Waals surface area contributed by atoms with E-state index in [0.717, 1.165) is 16.6 Å². The third kappa shape index (κ3) is 5.40. The van der Waals surface area contributed by atoms with Crippen molar-refractivity contribution in [3.63, 3.8) is 0 Å². The van der Waals surface area contributed by atoms with Crippen molar-refractivity contribution in [2.75, 3.05) is 11.9 Å². The fourth-order valence-corrected chi connectivity index (χ4v) is 3.43. The van der Waals surface area contributed by atoms with Gasteiger partial charge >= 0.3 is 0 Å². The number of rotatable bonds is 9. The zero-order valence-corrected chi connectivity index (χ0v) is 17.6. The van der Waals surface area contributed by atoms with Gasteiger partial charge in [-0.15, -0.1) is 0 Å². The molecule has 0 bridgehead atoms. The summed E-state index contributed by atoms with van der Waals surface area (Å²) in [7, 11) is 0. The normalized spacial score (nSPS) is 11.1. The number of benzene rings is 1. The van der Waals surface area contributed by atoms with Crippen LogP contribution >= 0.6 is 0 Å². The van der Waals surface area contributed by atoms with Gasteiger partial charge in [-0.25, -0.2) is 13.8 Å². The van der Waals surface area contributed by atoms with Gasteiger partial charge in [0.25, 0.3) is 5.56 Å². The Morgan fingerprint density at radius 1 is 1.15 bits per heavy atom. The molecule has 1 aromatic carbocycles. The molecule has 0 unspecified atom stereocenters. The van der Waals surface area contributed by atoms with E-state index < -0.39 is 18.4 Å². The molecule has 4 rings (SSSR count). The lowest BCUT2D eigenvalue weighted by molar-refractivity contribution is -0.121. The number of anilines is 1. The first-order valence-corrected chi connectivity index (χ1v) is 10.4. The molecule has 0 atom stereocenters. The first-order valence-electron chi connectivity index (χ1n) is 10.4. The van der Waals surface area contributed by atoms with Crippen molar-refractivity contribution in [1.29, 1.82) is 0 Å². The first-order chi connectivity index (χ1) is 16.0. The molecule has 170 valence electrons. The number of halogens is 2. The summed E-state index contributed by atoms with van der Waals surface area (Å²) < 4.78 is 26.2. The average Bonchev–Trinajstić information content (AvgIpc) is 3.23. The molecule has 3 N–H and O–H groups in total. The lowest BCUT2D eigenvalue weighted by atomic mass is 10.1. The Morgan fingerprint density at radius 2 is 1.97 bits per heavy atom. The van der Waals surface area contributed by atoms with Crippen LogP contribution < -0.4 is 16.2 Å². The van der Waals surface area contributed by atoms with Gasteiger partial charge < -0.3 is 15.6 Å². The largest absolute Gasteiger partial charge is 0.365 e. The van der Waals surface area contributed by atoms with Crippen LogP contribution in [-0.4, -0.2) is 38.4 Å². The SMILES string of the molecule is O=C(Cn1c(-c2ccccc2)cnc(NCCC(F)F)c1=O)NCc1cc2cnccc2[nH]1. The van der Waals surface area contributed by atoms with Crippen LogP contribution in [0.25, 0.3) is 22.2 Å². The first kappa shape index (κ1) is 22.1. The standard InChI is InChI=1S/C23H22F2N6O2/c24-20(25)7-9-27-22-23(33)31(19(13-29-22)15-4-2-1-3-5-15)14-21(32)28-12-17-10-16-11-26-8-6-18(16)30-17/h1-6,8,10-11,13,20,30H,7,9,12,14H2,(H,27,29)(H,28,32). The van der Waals surface area contributed by atoms with E-state index >= 15 is 0 Å². The number of aromatic nitrogens is 4. The molecule has 0 fully saturated rings. The Hall–Kier alpha value is -4.08. The molecule has 0 radical (unpaired) electrons. The number of hydrogen-bond donors (Lipinski definition) is 3. The van der Waals surface area contributed by atoms with Crippen LogP contribution in [0.4, 0.5) is 14.6 Å². The highest BCUT2D eigenvalue weighted by Gasteiger charge is 2.15. The second kappa shape index (κ2) is 10.0. The maximum absolute atomic E-state index is 13.0. The van der Waals surface area contributed by atoms with Crippen LogP contribution in [-0.2, 0) is 17.9 Å². The molecular formula is C23H22F2N6O2. The highest BCUT2D eigenvalue weighted by Crippen LogP contribution is 2.18. The Balaban J connectivity index is 1.54. The third-order valence-corrected chi connectivity index (χ3v) is 5.03. The van der Waals surface area contributed by atoms with Crippen molar-refractivity contribution in [3.8, 4) is 11.3 Å². The quantitative estimate of drug-likeness (QED) is 0.362. The predicted molar refractivity (Wildman–Crippen MR) is 121 cm³/mol. The summed E-state index contributed by atoms with van der Waals surface area (Å²) in [5, 5.41) is 6.37. The molecule has 1 amide bonds. The molecule has 3 aromatic heterocycles. The molecule has 4 aromatic rings. The molecule has 0 spiro atoms. The second-order valence-electron chi connectivity index (χ2n) is 7.39. The number of pyridine rings is 1. The highest BCUT2D eigenvalue weighted by molar-refractivity contribution is 5.80. The van der Waals surface area contributed by atoms with E-state index in [4.69, 9.17) is 0 Å². The number of nitrogens with zero attached hydrogens (tertiary/aromatic N) is 3. The van der Waals surface area contributed by atoms with E-state index in [1.54, 1.807) is 24.5 Å². The summed E-state index contributed by atoms with van der Waals surface area (Å²) in [4.78, 5) is 37.1. The Labute approximate surface area is 187 Å². The van der Waals surface area contributed by atoms with E-state index in [2.05, 4.69) is 25.6 Å². The zero-order valence-electron chi connectivity index (χ0n) is 17.6. The highest BCUT2D eigenvalue weighted by atomic mass is 19.3. The van der Waals surface area contributed by atoms with Crippen LogP contribution in [0.2, 0.25) is 0 Å². The van der Waals surface area contributed by atoms with Gasteiger partial charge in [0.15, 0.2) is 5.82 Å². The minimum absolute atomic E-state index is 0.0775. The van der Waals surface area contributed by atoms with Crippen molar-refractivity contribution in [1.82, 2.24) is 24.8 Å². The summed E-state index contributed by atoms with van der Waals surface area (Å²) >= 11 is 0. The van der Waals surface area contributed by atoms with Gasteiger partial charge in [0.05, 0.1) is 18.4 Å². The number of amides is 1. The van der Waals surface area contributed by atoms with E-state index in [9.17, 15) is 18.4 Å². The molecule has 0 aliphatic carbocycles. The Bertz CT molecular complexity index is 1270. The topological polar surface area (TPSA) is 105 Å². The zero-order chi connectivity index (χ0) is 23.2. The van der Waals surface area contributed by atoms with Gasteiger partial charge in [0.2, 0.25) is 12.3 Å². The fraction of sp³-hybridized carbons (Fsp3) is 0.217. The number of nitrogens with one attached hydrogen (secondary N) is 3. The summed E-state index contributed by atoms with van der Waals surface area (Å²) in [6.45, 7) is -0.115. The number of carbonyl (C=O) groups excluding carboxylic acids is 1. The van der Waals surface area contributed by atoms with Gasteiger partial charge in [-0.1, -0.05) is 30.3 Å². The van der Waals surface area contributed by atoms with Crippen LogP contribution in [0.5, 0.6) is 0 Å². The monoisotopic (exact) mass is 452 g/mol. The van der Waals surface area contributed by atoms with Crippen molar-refractivity contribution in [3.05, 3.63) is 77.1 Å². The average molecular weight is 452 g/mol. The smallest absolute Gasteiger partial charge is 0.294 e. The van der Waals surface area contributed by atoms with Gasteiger partial charge in [0, 0.05) is 42.0 Å². The third-order valence-electron chi connectivity index (χ3n) is 5.03. The lowest BCUT2D eigenvalue weighted by Gasteiger charge is -2.15. The van der Waals surface area contributed by atoms with E-state index in [-0.39, 0.29) is 31.4 Å². The van der Waals surface area contributed by atoms with Crippen LogP contribution in [0.3, 0.4) is 0 Å². The van der Waals surface area contributed by atoms with Gasteiger partial charge in [0.1, 0.15) is 6.54 Å². The molecule has 0 aliphatic heterocycles. The fourth-order valence-electron chi connectivity index (χ4n) is 3.43. The summed E-state index contributed by atoms with van der Waals surface area (Å²) in [6, 6.07) is 12.8. The molecule has 3 heterocycles. The minimum atomic E-state index is -2.49. The van der Waals surface area contributed by atoms with Gasteiger partial charge in [-0.05, 0) is 17.7 Å². The molecule has 0 saturated carbocycles. The number of aromatic amines is 1. The maximum Gasteiger partial charge on any atom is 0.294 e. The molecule has 0 saturated heterocycles. The number of alkyl halides is 2. The Morgan fingerprint density at radius 3 is 2.73 bits per heavy atom. The summed E-state index contributed by atoms with van der Waals surface area (Å²) in [5.74, 6) is -0.456. The van der Waals surface area contributed by atoms with E-state index in [1.807, 2.05) is 30.3 Å². The molecular weight excluding hydrogens is 430 g/mol. The van der Waals surface area contributed by atoms with Crippen molar-refractivity contribution < 1.29 is 13.6 Å². The summed E-state index contributed by atoms with van der Waals surface area (Å²) in [6.07, 6.45) is 1.95. The molecule has 10 heteroatoms. The van der Waals surface area contributed by atoms with Gasteiger partial charge in [-0.3, -0.25) is 19.1 Å². The van der Waals surface area contributed by atoms with Gasteiger partial charge in [-0.2, -0.15) is 0 Å². The van der Waals surface area contributed by atoms with Crippen LogP contribution in [0.1, 0.15) is 12.1 Å². The number of hydrogen-bond acceptors (Lipinski definition) is 5.